The normalized spacial score (nSPS) is 10.6. The van der Waals surface area contributed by atoms with Crippen LogP contribution in [0.2, 0.25) is 0 Å². The Labute approximate surface area is 175 Å². The topological polar surface area (TPSA) is 87.1 Å². The van der Waals surface area contributed by atoms with Crippen LogP contribution in [0.25, 0.3) is 34.0 Å². The van der Waals surface area contributed by atoms with E-state index in [1.165, 1.54) is 11.1 Å². The molecule has 0 saturated carbocycles. The summed E-state index contributed by atoms with van der Waals surface area (Å²) in [7, 11) is 1.69. The maximum atomic E-state index is 5.74. The van der Waals surface area contributed by atoms with Crippen LogP contribution in [0.15, 0.2) is 65.3 Å². The number of hydrogen-bond acceptors (Lipinski definition) is 6. The Bertz CT molecular complexity index is 1130. The average molecular weight is 409 g/mol. The van der Waals surface area contributed by atoms with Gasteiger partial charge in [-0.1, -0.05) is 35.5 Å². The van der Waals surface area contributed by atoms with E-state index < -0.39 is 0 Å². The Morgan fingerprint density at radius 3 is 2.59 bits per heavy atom. The van der Waals surface area contributed by atoms with Gasteiger partial charge in [0.1, 0.15) is 5.82 Å². The van der Waals surface area contributed by atoms with Crippen molar-refractivity contribution < 1.29 is 9.26 Å². The molecular weight excluding hydrogens is 388 g/mol. The third kappa shape index (κ3) is 4.29. The predicted octanol–water partition coefficient (Wildman–Crippen LogP) is 4.92. The average Bonchev–Trinajstić information content (AvgIpc) is 3.19. The minimum Gasteiger partial charge on any atom is -0.384 e. The molecule has 148 valence electrons. The lowest BCUT2D eigenvalue weighted by molar-refractivity contribution is 0.185. The number of halogens is 1. The van der Waals surface area contributed by atoms with Gasteiger partial charge in [0, 0.05) is 24.4 Å². The van der Waals surface area contributed by atoms with Crippen LogP contribution in [0.3, 0.4) is 0 Å². The highest BCUT2D eigenvalue weighted by Gasteiger charge is 2.14. The van der Waals surface area contributed by atoms with E-state index in [4.69, 9.17) is 15.0 Å². The Hall–Kier alpha value is -3.22. The number of aromatic nitrogens is 3. The van der Waals surface area contributed by atoms with E-state index in [-0.39, 0.29) is 12.4 Å². The first-order chi connectivity index (χ1) is 13.7. The summed E-state index contributed by atoms with van der Waals surface area (Å²) >= 11 is 0. The van der Waals surface area contributed by atoms with Crippen molar-refractivity contribution in [1.29, 1.82) is 0 Å². The second-order valence-corrected chi connectivity index (χ2v) is 6.51. The lowest BCUT2D eigenvalue weighted by atomic mass is 9.94. The smallest absolute Gasteiger partial charge is 0.258 e. The number of anilines is 1. The Morgan fingerprint density at radius 1 is 1.00 bits per heavy atom. The summed E-state index contributed by atoms with van der Waals surface area (Å²) in [6, 6.07) is 17.9. The van der Waals surface area contributed by atoms with Gasteiger partial charge in [-0.2, -0.15) is 4.98 Å². The molecule has 6 nitrogen and oxygen atoms in total. The van der Waals surface area contributed by atoms with Crippen LogP contribution in [0.1, 0.15) is 11.1 Å². The van der Waals surface area contributed by atoms with Crippen molar-refractivity contribution in [2.75, 3.05) is 12.8 Å². The van der Waals surface area contributed by atoms with E-state index in [9.17, 15) is 0 Å². The fourth-order valence-corrected chi connectivity index (χ4v) is 3.18. The number of nitrogens with zero attached hydrogens (tertiary/aromatic N) is 3. The molecule has 0 aliphatic carbocycles. The standard InChI is InChI=1S/C22H20N4O2.ClH/c1-14-5-3-4-6-18(14)19-8-7-16(11-17(19)13-27-2)22-25-21(26-28-22)15-9-10-24-20(23)12-15;/h3-12H,13H2,1-2H3,(H2,23,24);1H. The molecule has 0 unspecified atom stereocenters. The molecule has 2 heterocycles. The van der Waals surface area contributed by atoms with Crippen LogP contribution < -0.4 is 5.73 Å². The monoisotopic (exact) mass is 408 g/mol. The molecule has 29 heavy (non-hydrogen) atoms. The van der Waals surface area contributed by atoms with Crippen molar-refractivity contribution in [3.05, 3.63) is 71.9 Å². The number of methoxy groups -OCH3 is 1. The summed E-state index contributed by atoms with van der Waals surface area (Å²) in [5, 5.41) is 4.07. The van der Waals surface area contributed by atoms with Crippen LogP contribution >= 0.6 is 12.4 Å². The van der Waals surface area contributed by atoms with Gasteiger partial charge >= 0.3 is 0 Å². The van der Waals surface area contributed by atoms with Gasteiger partial charge in [0.25, 0.3) is 5.89 Å². The number of aryl methyl sites for hydroxylation is 1. The van der Waals surface area contributed by atoms with Crippen LogP contribution in [-0.2, 0) is 11.3 Å². The lowest BCUT2D eigenvalue weighted by Crippen LogP contribution is -1.95. The quantitative estimate of drug-likeness (QED) is 0.504. The van der Waals surface area contributed by atoms with Gasteiger partial charge in [-0.25, -0.2) is 4.98 Å². The Morgan fingerprint density at radius 2 is 1.83 bits per heavy atom. The summed E-state index contributed by atoms with van der Waals surface area (Å²) in [5.41, 5.74) is 11.9. The van der Waals surface area contributed by atoms with Crippen molar-refractivity contribution in [3.63, 3.8) is 0 Å². The zero-order chi connectivity index (χ0) is 19.5. The van der Waals surface area contributed by atoms with Crippen LogP contribution in [0, 0.1) is 6.92 Å². The first-order valence-electron chi connectivity index (χ1n) is 8.89. The van der Waals surface area contributed by atoms with Crippen molar-refractivity contribution in [2.45, 2.75) is 13.5 Å². The molecule has 0 atom stereocenters. The Kier molecular flexibility index (Phi) is 6.26. The molecule has 0 amide bonds. The van der Waals surface area contributed by atoms with E-state index >= 15 is 0 Å². The maximum Gasteiger partial charge on any atom is 0.258 e. The maximum absolute atomic E-state index is 5.74. The van der Waals surface area contributed by atoms with Gasteiger partial charge < -0.3 is 15.0 Å². The molecule has 0 bridgehead atoms. The van der Waals surface area contributed by atoms with E-state index in [1.54, 1.807) is 25.4 Å². The number of nitrogens with two attached hydrogens (primary N) is 1. The molecule has 2 aromatic heterocycles. The molecule has 0 aliphatic rings. The zero-order valence-electron chi connectivity index (χ0n) is 16.1. The highest BCUT2D eigenvalue weighted by molar-refractivity contribution is 5.85. The van der Waals surface area contributed by atoms with E-state index in [2.05, 4.69) is 40.2 Å². The second kappa shape index (κ2) is 8.86. The lowest BCUT2D eigenvalue weighted by Gasteiger charge is -2.12. The van der Waals surface area contributed by atoms with Gasteiger partial charge in [-0.05, 0) is 53.4 Å². The van der Waals surface area contributed by atoms with E-state index in [0.29, 0.717) is 24.1 Å². The first kappa shape index (κ1) is 20.5. The number of ether oxygens (including phenoxy) is 1. The summed E-state index contributed by atoms with van der Waals surface area (Å²) in [6.45, 7) is 2.59. The van der Waals surface area contributed by atoms with Crippen molar-refractivity contribution in [2.24, 2.45) is 0 Å². The van der Waals surface area contributed by atoms with E-state index in [1.807, 2.05) is 24.3 Å². The van der Waals surface area contributed by atoms with Gasteiger partial charge in [0.05, 0.1) is 6.61 Å². The summed E-state index contributed by atoms with van der Waals surface area (Å²) < 4.78 is 10.9. The van der Waals surface area contributed by atoms with Crippen LogP contribution in [0.4, 0.5) is 5.82 Å². The predicted molar refractivity (Wildman–Crippen MR) is 116 cm³/mol. The number of hydrogen-bond donors (Lipinski definition) is 1. The van der Waals surface area contributed by atoms with Gasteiger partial charge in [0.2, 0.25) is 5.82 Å². The van der Waals surface area contributed by atoms with Crippen LogP contribution in [0.5, 0.6) is 0 Å². The van der Waals surface area contributed by atoms with E-state index in [0.717, 1.165) is 22.3 Å². The SMILES string of the molecule is COCc1cc(-c2nc(-c3ccnc(N)c3)no2)ccc1-c1ccccc1C.Cl. The molecule has 0 aliphatic heterocycles. The summed E-state index contributed by atoms with van der Waals surface area (Å²) in [4.78, 5) is 8.50. The van der Waals surface area contributed by atoms with Gasteiger partial charge in [-0.3, -0.25) is 0 Å². The number of pyridine rings is 1. The minimum atomic E-state index is 0. The second-order valence-electron chi connectivity index (χ2n) is 6.51. The molecule has 4 rings (SSSR count). The molecule has 0 radical (unpaired) electrons. The molecule has 2 N–H and O–H groups in total. The van der Waals surface area contributed by atoms with Crippen LogP contribution in [-0.4, -0.2) is 22.2 Å². The van der Waals surface area contributed by atoms with Gasteiger partial charge in [0.15, 0.2) is 0 Å². The molecular formula is C22H21ClN4O2. The highest BCUT2D eigenvalue weighted by atomic mass is 35.5. The Balaban J connectivity index is 0.00000240. The molecule has 7 heteroatoms. The number of nitrogen functional groups attached to an aromatic ring is 1. The first-order valence-corrected chi connectivity index (χ1v) is 8.89. The van der Waals surface area contributed by atoms with Crippen molar-refractivity contribution >= 4 is 18.2 Å². The van der Waals surface area contributed by atoms with Gasteiger partial charge in [-0.15, -0.1) is 12.4 Å². The largest absolute Gasteiger partial charge is 0.384 e. The highest BCUT2D eigenvalue weighted by Crippen LogP contribution is 2.31. The molecule has 4 aromatic rings. The molecule has 0 spiro atoms. The summed E-state index contributed by atoms with van der Waals surface area (Å²) in [6.07, 6.45) is 1.62. The fourth-order valence-electron chi connectivity index (χ4n) is 3.18. The fraction of sp³-hybridized carbons (Fsp3) is 0.136. The van der Waals surface area contributed by atoms with Crippen molar-refractivity contribution in [1.82, 2.24) is 15.1 Å². The number of rotatable bonds is 5. The molecule has 0 fully saturated rings. The number of benzene rings is 2. The third-order valence-corrected chi connectivity index (χ3v) is 4.55. The third-order valence-electron chi connectivity index (χ3n) is 4.55. The van der Waals surface area contributed by atoms with Crippen molar-refractivity contribution in [3.8, 4) is 34.0 Å². The summed E-state index contributed by atoms with van der Waals surface area (Å²) in [5.74, 6) is 1.33. The minimum absolute atomic E-state index is 0. The molecule has 0 saturated heterocycles. The zero-order valence-corrected chi connectivity index (χ0v) is 16.9. The molecule has 2 aromatic carbocycles.